The molecule has 0 saturated carbocycles. The van der Waals surface area contributed by atoms with E-state index in [-0.39, 0.29) is 11.3 Å². The summed E-state index contributed by atoms with van der Waals surface area (Å²) in [4.78, 5) is 22.3. The van der Waals surface area contributed by atoms with E-state index < -0.39 is 11.9 Å². The van der Waals surface area contributed by atoms with E-state index in [4.69, 9.17) is 5.11 Å². The third kappa shape index (κ3) is 2.49. The van der Waals surface area contributed by atoms with Crippen molar-refractivity contribution in [3.05, 3.63) is 47.9 Å². The Labute approximate surface area is 95.9 Å². The van der Waals surface area contributed by atoms with Crippen LogP contribution in [-0.2, 0) is 0 Å². The third-order valence-corrected chi connectivity index (χ3v) is 2.03. The van der Waals surface area contributed by atoms with Crippen LogP contribution in [0.2, 0.25) is 0 Å². The lowest BCUT2D eigenvalue weighted by Gasteiger charge is -2.03. The van der Waals surface area contributed by atoms with Crippen molar-refractivity contribution in [3.8, 4) is 0 Å². The molecule has 1 heterocycles. The van der Waals surface area contributed by atoms with Gasteiger partial charge in [0.1, 0.15) is 0 Å². The maximum atomic E-state index is 11.6. The highest BCUT2D eigenvalue weighted by atomic mass is 16.5. The molecule has 1 amide bonds. The zero-order chi connectivity index (χ0) is 12.3. The summed E-state index contributed by atoms with van der Waals surface area (Å²) in [6, 6.07) is 7.33. The number of hydrogen-bond acceptors (Lipinski definition) is 4. The van der Waals surface area contributed by atoms with Crippen LogP contribution < -0.4 is 5.32 Å². The molecular weight excluding hydrogens is 224 g/mol. The molecule has 6 nitrogen and oxygen atoms in total. The molecule has 86 valence electrons. The molecule has 0 unspecified atom stereocenters. The predicted molar refractivity (Wildman–Crippen MR) is 57.9 cm³/mol. The van der Waals surface area contributed by atoms with Crippen molar-refractivity contribution in [3.63, 3.8) is 0 Å². The van der Waals surface area contributed by atoms with Crippen LogP contribution in [0.5, 0.6) is 0 Å². The van der Waals surface area contributed by atoms with Crippen LogP contribution in [0.25, 0.3) is 0 Å². The number of carbonyl (C=O) groups is 2. The van der Waals surface area contributed by atoms with Crippen molar-refractivity contribution in [1.82, 2.24) is 5.16 Å². The molecule has 2 N–H and O–H groups in total. The monoisotopic (exact) mass is 232 g/mol. The quantitative estimate of drug-likeness (QED) is 0.838. The molecule has 0 spiro atoms. The number of rotatable bonds is 3. The van der Waals surface area contributed by atoms with Crippen LogP contribution in [0.4, 0.5) is 5.69 Å². The van der Waals surface area contributed by atoms with Gasteiger partial charge in [-0.25, -0.2) is 4.79 Å². The minimum atomic E-state index is -1.05. The molecule has 0 bridgehead atoms. The average Bonchev–Trinajstić information content (AvgIpc) is 2.82. The molecule has 2 aromatic rings. The van der Waals surface area contributed by atoms with Crippen molar-refractivity contribution < 1.29 is 19.2 Å². The molecule has 1 aromatic heterocycles. The first-order valence-corrected chi connectivity index (χ1v) is 4.72. The summed E-state index contributed by atoms with van der Waals surface area (Å²) in [5, 5.41) is 14.7. The Balaban J connectivity index is 2.16. The molecule has 0 fully saturated rings. The number of anilines is 1. The van der Waals surface area contributed by atoms with Crippen LogP contribution >= 0.6 is 0 Å². The van der Waals surface area contributed by atoms with E-state index >= 15 is 0 Å². The lowest BCUT2D eigenvalue weighted by atomic mass is 10.2. The van der Waals surface area contributed by atoms with Gasteiger partial charge in [-0.1, -0.05) is 11.2 Å². The standard InChI is InChI=1S/C11H8N2O4/c14-10(9-4-5-12-17-9)13-8-3-1-2-7(6-8)11(15)16/h1-6H,(H,13,14)(H,15,16). The molecule has 6 heteroatoms. The predicted octanol–water partition coefficient (Wildman–Crippen LogP) is 1.63. The molecule has 0 aliphatic rings. The van der Waals surface area contributed by atoms with E-state index in [1.807, 2.05) is 0 Å². The second-order valence-electron chi connectivity index (χ2n) is 3.22. The van der Waals surface area contributed by atoms with E-state index in [9.17, 15) is 9.59 Å². The van der Waals surface area contributed by atoms with E-state index in [0.29, 0.717) is 5.69 Å². The second kappa shape index (κ2) is 4.48. The molecule has 0 saturated heterocycles. The molecule has 1 aromatic carbocycles. The number of nitrogens with one attached hydrogen (secondary N) is 1. The summed E-state index contributed by atoms with van der Waals surface area (Å²) >= 11 is 0. The molecule has 2 rings (SSSR count). The fraction of sp³-hybridized carbons (Fsp3) is 0. The topological polar surface area (TPSA) is 92.4 Å². The molecule has 0 aliphatic heterocycles. The van der Waals surface area contributed by atoms with Crippen LogP contribution in [0.15, 0.2) is 41.1 Å². The molecule has 0 atom stereocenters. The summed E-state index contributed by atoms with van der Waals surface area (Å²) in [5.41, 5.74) is 0.478. The van der Waals surface area contributed by atoms with E-state index in [0.717, 1.165) is 0 Å². The fourth-order valence-corrected chi connectivity index (χ4v) is 1.26. The highest BCUT2D eigenvalue weighted by Crippen LogP contribution is 2.12. The number of nitrogens with zero attached hydrogens (tertiary/aromatic N) is 1. The first kappa shape index (κ1) is 10.9. The highest BCUT2D eigenvalue weighted by Gasteiger charge is 2.10. The number of amides is 1. The maximum Gasteiger partial charge on any atom is 0.335 e. The lowest BCUT2D eigenvalue weighted by molar-refractivity contribution is 0.0696. The van der Waals surface area contributed by atoms with Crippen molar-refractivity contribution >= 4 is 17.6 Å². The minimum absolute atomic E-state index is 0.0609. The number of carboxylic acids is 1. The molecular formula is C11H8N2O4. The zero-order valence-corrected chi connectivity index (χ0v) is 8.58. The second-order valence-corrected chi connectivity index (χ2v) is 3.22. The first-order valence-electron chi connectivity index (χ1n) is 4.72. The van der Waals surface area contributed by atoms with Gasteiger partial charge in [0.15, 0.2) is 0 Å². The van der Waals surface area contributed by atoms with Gasteiger partial charge < -0.3 is 14.9 Å². The average molecular weight is 232 g/mol. The number of carbonyl (C=O) groups excluding carboxylic acids is 1. The number of benzene rings is 1. The van der Waals surface area contributed by atoms with Crippen molar-refractivity contribution in [2.75, 3.05) is 5.32 Å². The Morgan fingerprint density at radius 2 is 2.12 bits per heavy atom. The largest absolute Gasteiger partial charge is 0.478 e. The van der Waals surface area contributed by atoms with Crippen LogP contribution in [0.3, 0.4) is 0 Å². The number of aromatic carboxylic acids is 1. The van der Waals surface area contributed by atoms with Crippen LogP contribution in [0.1, 0.15) is 20.9 Å². The SMILES string of the molecule is O=C(O)c1cccc(NC(=O)c2ccno2)c1. The Kier molecular flexibility index (Phi) is 2.87. The number of hydrogen-bond donors (Lipinski definition) is 2. The Morgan fingerprint density at radius 3 is 2.76 bits per heavy atom. The van der Waals surface area contributed by atoms with Gasteiger partial charge in [-0.2, -0.15) is 0 Å². The van der Waals surface area contributed by atoms with Crippen molar-refractivity contribution in [1.29, 1.82) is 0 Å². The number of carboxylic acid groups (broad SMARTS) is 1. The minimum Gasteiger partial charge on any atom is -0.478 e. The van der Waals surface area contributed by atoms with Crippen LogP contribution in [-0.4, -0.2) is 22.1 Å². The summed E-state index contributed by atoms with van der Waals surface area (Å²) in [5.74, 6) is -1.48. The smallest absolute Gasteiger partial charge is 0.335 e. The summed E-state index contributed by atoms with van der Waals surface area (Å²) in [6.07, 6.45) is 1.35. The normalized spacial score (nSPS) is 9.88. The Morgan fingerprint density at radius 1 is 1.29 bits per heavy atom. The van der Waals surface area contributed by atoms with Gasteiger partial charge in [0, 0.05) is 11.8 Å². The molecule has 17 heavy (non-hydrogen) atoms. The molecule has 0 aliphatic carbocycles. The zero-order valence-electron chi connectivity index (χ0n) is 8.58. The van der Waals surface area contributed by atoms with Gasteiger partial charge in [0.2, 0.25) is 5.76 Å². The fourth-order valence-electron chi connectivity index (χ4n) is 1.26. The van der Waals surface area contributed by atoms with E-state index in [1.165, 1.54) is 24.4 Å². The summed E-state index contributed by atoms with van der Waals surface area (Å²) < 4.78 is 4.67. The third-order valence-electron chi connectivity index (χ3n) is 2.03. The van der Waals surface area contributed by atoms with Gasteiger partial charge in [-0.15, -0.1) is 0 Å². The van der Waals surface area contributed by atoms with Crippen molar-refractivity contribution in [2.24, 2.45) is 0 Å². The van der Waals surface area contributed by atoms with Gasteiger partial charge >= 0.3 is 5.97 Å². The Hall–Kier alpha value is -2.63. The van der Waals surface area contributed by atoms with Gasteiger partial charge in [-0.3, -0.25) is 4.79 Å². The Bertz CT molecular complexity index is 548. The number of aromatic nitrogens is 1. The first-order chi connectivity index (χ1) is 8.16. The lowest BCUT2D eigenvalue weighted by Crippen LogP contribution is -2.11. The summed E-state index contributed by atoms with van der Waals surface area (Å²) in [6.45, 7) is 0. The molecule has 0 radical (unpaired) electrons. The van der Waals surface area contributed by atoms with Gasteiger partial charge in [-0.05, 0) is 18.2 Å². The van der Waals surface area contributed by atoms with Crippen LogP contribution in [0, 0.1) is 0 Å². The van der Waals surface area contributed by atoms with E-state index in [2.05, 4.69) is 15.0 Å². The van der Waals surface area contributed by atoms with Crippen molar-refractivity contribution in [2.45, 2.75) is 0 Å². The van der Waals surface area contributed by atoms with E-state index in [1.54, 1.807) is 12.1 Å². The maximum absolute atomic E-state index is 11.6. The van der Waals surface area contributed by atoms with Gasteiger partial charge in [0.05, 0.1) is 11.8 Å². The highest BCUT2D eigenvalue weighted by molar-refractivity contribution is 6.02. The summed E-state index contributed by atoms with van der Waals surface area (Å²) in [7, 11) is 0. The van der Waals surface area contributed by atoms with Gasteiger partial charge in [0.25, 0.3) is 5.91 Å².